The summed E-state index contributed by atoms with van der Waals surface area (Å²) in [5.74, 6) is 0.919. The van der Waals surface area contributed by atoms with E-state index in [2.05, 4.69) is 0 Å². The normalized spacial score (nSPS) is 16.3. The van der Waals surface area contributed by atoms with Crippen molar-refractivity contribution in [2.45, 2.75) is 30.6 Å². The van der Waals surface area contributed by atoms with Gasteiger partial charge in [-0.25, -0.2) is 4.79 Å². The Morgan fingerprint density at radius 2 is 2.12 bits per heavy atom. The predicted octanol–water partition coefficient (Wildman–Crippen LogP) is 4.32. The fraction of sp³-hybridized carbons (Fsp3) is 0.462. The lowest BCUT2D eigenvalue weighted by molar-refractivity contribution is 0.0697. The summed E-state index contributed by atoms with van der Waals surface area (Å²) in [6.07, 6.45) is 5.30. The van der Waals surface area contributed by atoms with Gasteiger partial charge in [-0.1, -0.05) is 24.4 Å². The fourth-order valence-corrected chi connectivity index (χ4v) is 3.47. The first kappa shape index (κ1) is 12.8. The molecule has 0 radical (unpaired) electrons. The molecular weight excluding hydrogens is 256 g/mol. The Kier molecular flexibility index (Phi) is 4.35. The average Bonchev–Trinajstić information content (AvgIpc) is 2.80. The number of rotatable bonds is 4. The average molecular weight is 271 g/mol. The van der Waals surface area contributed by atoms with Gasteiger partial charge in [-0.15, -0.1) is 11.8 Å². The molecule has 92 valence electrons. The fourth-order valence-electron chi connectivity index (χ4n) is 2.15. The van der Waals surface area contributed by atoms with Crippen LogP contribution in [0.2, 0.25) is 5.02 Å². The summed E-state index contributed by atoms with van der Waals surface area (Å²) in [5.41, 5.74) is 0.197. The van der Waals surface area contributed by atoms with Crippen LogP contribution in [-0.4, -0.2) is 16.8 Å². The maximum absolute atomic E-state index is 10.9. The minimum atomic E-state index is -0.960. The van der Waals surface area contributed by atoms with Crippen molar-refractivity contribution in [3.8, 4) is 0 Å². The van der Waals surface area contributed by atoms with Crippen molar-refractivity contribution in [1.29, 1.82) is 0 Å². The molecule has 1 aliphatic rings. The molecule has 17 heavy (non-hydrogen) atoms. The van der Waals surface area contributed by atoms with E-state index in [9.17, 15) is 4.79 Å². The Labute approximate surface area is 110 Å². The van der Waals surface area contributed by atoms with Gasteiger partial charge in [0, 0.05) is 10.6 Å². The van der Waals surface area contributed by atoms with Gasteiger partial charge < -0.3 is 5.11 Å². The Balaban J connectivity index is 2.00. The number of carboxylic acids is 1. The molecule has 1 aromatic rings. The Bertz CT molecular complexity index is 414. The van der Waals surface area contributed by atoms with Gasteiger partial charge in [0.05, 0.1) is 10.6 Å². The van der Waals surface area contributed by atoms with E-state index < -0.39 is 5.97 Å². The second-order valence-corrected chi connectivity index (χ2v) is 5.91. The maximum Gasteiger partial charge on any atom is 0.337 e. The van der Waals surface area contributed by atoms with Gasteiger partial charge in [0.2, 0.25) is 0 Å². The maximum atomic E-state index is 10.9. The summed E-state index contributed by atoms with van der Waals surface area (Å²) in [5, 5.41) is 9.28. The van der Waals surface area contributed by atoms with Crippen molar-refractivity contribution in [1.82, 2.24) is 0 Å². The Morgan fingerprint density at radius 3 is 2.76 bits per heavy atom. The van der Waals surface area contributed by atoms with Crippen LogP contribution in [0, 0.1) is 5.92 Å². The zero-order valence-electron chi connectivity index (χ0n) is 9.49. The minimum absolute atomic E-state index is 0.197. The Hall–Kier alpha value is -0.670. The molecule has 0 atom stereocenters. The second-order valence-electron chi connectivity index (χ2n) is 4.41. The third-order valence-electron chi connectivity index (χ3n) is 3.13. The summed E-state index contributed by atoms with van der Waals surface area (Å²) >= 11 is 7.56. The number of hydrogen-bond donors (Lipinski definition) is 1. The lowest BCUT2D eigenvalue weighted by atomic mass is 10.1. The van der Waals surface area contributed by atoms with E-state index in [-0.39, 0.29) is 5.56 Å². The molecule has 1 N–H and O–H groups in total. The standard InChI is InChI=1S/C13H15ClO2S/c14-12-6-5-10(7-11(12)13(15)16)17-8-9-3-1-2-4-9/h5-7,9H,1-4,8H2,(H,15,16). The lowest BCUT2D eigenvalue weighted by Crippen LogP contribution is -1.99. The summed E-state index contributed by atoms with van der Waals surface area (Å²) in [7, 11) is 0. The van der Waals surface area contributed by atoms with Gasteiger partial charge in [0.25, 0.3) is 0 Å². The van der Waals surface area contributed by atoms with Crippen LogP contribution in [0.3, 0.4) is 0 Å². The third-order valence-corrected chi connectivity index (χ3v) is 4.68. The molecule has 0 amide bonds. The van der Waals surface area contributed by atoms with Gasteiger partial charge in [0.15, 0.2) is 0 Å². The van der Waals surface area contributed by atoms with Gasteiger partial charge in [-0.05, 0) is 37.0 Å². The number of thioether (sulfide) groups is 1. The Morgan fingerprint density at radius 1 is 1.41 bits per heavy atom. The van der Waals surface area contributed by atoms with Crippen LogP contribution in [0.1, 0.15) is 36.0 Å². The zero-order valence-corrected chi connectivity index (χ0v) is 11.1. The van der Waals surface area contributed by atoms with Gasteiger partial charge in [-0.3, -0.25) is 0 Å². The highest BCUT2D eigenvalue weighted by Crippen LogP contribution is 2.32. The zero-order chi connectivity index (χ0) is 12.3. The molecule has 0 heterocycles. The van der Waals surface area contributed by atoms with Crippen LogP contribution >= 0.6 is 23.4 Å². The number of hydrogen-bond acceptors (Lipinski definition) is 2. The molecule has 0 bridgehead atoms. The van der Waals surface area contributed by atoms with E-state index in [0.29, 0.717) is 5.02 Å². The summed E-state index contributed by atoms with van der Waals surface area (Å²) < 4.78 is 0. The largest absolute Gasteiger partial charge is 0.478 e. The van der Waals surface area contributed by atoms with Crippen LogP contribution in [0.5, 0.6) is 0 Å². The number of benzene rings is 1. The first-order valence-corrected chi connectivity index (χ1v) is 7.19. The molecule has 0 aromatic heterocycles. The van der Waals surface area contributed by atoms with Crippen molar-refractivity contribution < 1.29 is 9.90 Å². The van der Waals surface area contributed by atoms with Crippen LogP contribution in [0.15, 0.2) is 23.1 Å². The molecule has 0 spiro atoms. The van der Waals surface area contributed by atoms with E-state index in [4.69, 9.17) is 16.7 Å². The van der Waals surface area contributed by atoms with Crippen LogP contribution in [0.25, 0.3) is 0 Å². The van der Waals surface area contributed by atoms with Gasteiger partial charge in [-0.2, -0.15) is 0 Å². The summed E-state index contributed by atoms with van der Waals surface area (Å²) in [4.78, 5) is 11.9. The SMILES string of the molecule is O=C(O)c1cc(SCC2CCCC2)ccc1Cl. The molecule has 0 saturated heterocycles. The van der Waals surface area contributed by atoms with Crippen molar-refractivity contribution >= 4 is 29.3 Å². The lowest BCUT2D eigenvalue weighted by Gasteiger charge is -2.09. The quantitative estimate of drug-likeness (QED) is 0.828. The number of carbonyl (C=O) groups is 1. The molecular formula is C13H15ClO2S. The molecule has 0 aliphatic heterocycles. The first-order chi connectivity index (χ1) is 8.16. The smallest absolute Gasteiger partial charge is 0.337 e. The summed E-state index contributed by atoms with van der Waals surface area (Å²) in [6, 6.07) is 5.24. The minimum Gasteiger partial charge on any atom is -0.478 e. The molecule has 1 fully saturated rings. The van der Waals surface area contributed by atoms with Crippen LogP contribution in [0.4, 0.5) is 0 Å². The van der Waals surface area contributed by atoms with Crippen molar-refractivity contribution in [2.24, 2.45) is 5.92 Å². The van der Waals surface area contributed by atoms with E-state index in [1.54, 1.807) is 23.9 Å². The van der Waals surface area contributed by atoms with Crippen LogP contribution < -0.4 is 0 Å². The van der Waals surface area contributed by atoms with E-state index in [1.807, 2.05) is 6.07 Å². The topological polar surface area (TPSA) is 37.3 Å². The van der Waals surface area contributed by atoms with Crippen molar-refractivity contribution in [2.75, 3.05) is 5.75 Å². The number of halogens is 1. The second kappa shape index (κ2) is 5.78. The highest BCUT2D eigenvalue weighted by molar-refractivity contribution is 7.99. The van der Waals surface area contributed by atoms with Crippen LogP contribution in [-0.2, 0) is 0 Å². The van der Waals surface area contributed by atoms with Crippen molar-refractivity contribution in [3.05, 3.63) is 28.8 Å². The highest BCUT2D eigenvalue weighted by Gasteiger charge is 2.16. The highest BCUT2D eigenvalue weighted by atomic mass is 35.5. The molecule has 2 rings (SSSR count). The molecule has 1 saturated carbocycles. The summed E-state index contributed by atoms with van der Waals surface area (Å²) in [6.45, 7) is 0. The van der Waals surface area contributed by atoms with Gasteiger partial charge in [0.1, 0.15) is 0 Å². The van der Waals surface area contributed by atoms with Gasteiger partial charge >= 0.3 is 5.97 Å². The predicted molar refractivity (Wildman–Crippen MR) is 71.1 cm³/mol. The first-order valence-electron chi connectivity index (χ1n) is 5.82. The molecule has 4 heteroatoms. The molecule has 2 nitrogen and oxygen atoms in total. The monoisotopic (exact) mass is 270 g/mol. The molecule has 0 unspecified atom stereocenters. The number of carboxylic acid groups (broad SMARTS) is 1. The van der Waals surface area contributed by atoms with Crippen molar-refractivity contribution in [3.63, 3.8) is 0 Å². The van der Waals surface area contributed by atoms with E-state index >= 15 is 0 Å². The molecule has 1 aromatic carbocycles. The van der Waals surface area contributed by atoms with E-state index in [1.165, 1.54) is 25.7 Å². The van der Waals surface area contributed by atoms with E-state index in [0.717, 1.165) is 16.6 Å². The third kappa shape index (κ3) is 3.39. The number of aromatic carboxylic acids is 1. The molecule has 1 aliphatic carbocycles.